The molecule has 0 aliphatic heterocycles. The van der Waals surface area contributed by atoms with Crippen LogP contribution in [0.4, 0.5) is 13.2 Å². The summed E-state index contributed by atoms with van der Waals surface area (Å²) in [5.41, 5.74) is -0.339. The van der Waals surface area contributed by atoms with Crippen LogP contribution in [0.3, 0.4) is 0 Å². The number of hydrogen-bond acceptors (Lipinski definition) is 4. The SMILES string of the molecule is O=C(CS(=O)(=O)c1ccccc1)c1ncn(C2CC2C(F)(F)F)c1Cl. The highest BCUT2D eigenvalue weighted by atomic mass is 35.5. The number of halogens is 4. The van der Waals surface area contributed by atoms with Gasteiger partial charge in [-0.15, -0.1) is 0 Å². The molecule has 2 unspecified atom stereocenters. The van der Waals surface area contributed by atoms with Crippen molar-refractivity contribution in [1.82, 2.24) is 9.55 Å². The van der Waals surface area contributed by atoms with E-state index in [0.29, 0.717) is 0 Å². The van der Waals surface area contributed by atoms with Crippen molar-refractivity contribution in [2.75, 3.05) is 5.75 Å². The van der Waals surface area contributed by atoms with Crippen molar-refractivity contribution < 1.29 is 26.4 Å². The fourth-order valence-electron chi connectivity index (χ4n) is 2.56. The van der Waals surface area contributed by atoms with Crippen molar-refractivity contribution in [2.45, 2.75) is 23.5 Å². The van der Waals surface area contributed by atoms with Crippen LogP contribution in [-0.2, 0) is 9.84 Å². The summed E-state index contributed by atoms with van der Waals surface area (Å²) >= 11 is 5.96. The Balaban J connectivity index is 1.79. The monoisotopic (exact) mass is 392 g/mol. The second kappa shape index (κ2) is 6.14. The maximum Gasteiger partial charge on any atom is 0.393 e. The van der Waals surface area contributed by atoms with E-state index in [4.69, 9.17) is 11.6 Å². The maximum atomic E-state index is 12.7. The molecule has 0 saturated heterocycles. The summed E-state index contributed by atoms with van der Waals surface area (Å²) in [6.07, 6.45) is -3.45. The number of nitrogens with zero attached hydrogens (tertiary/aromatic N) is 2. The standard InChI is InChI=1S/C15H12ClF3N2O3S/c16-14-13(20-8-21(14)11-6-10(11)15(17,18)19)12(22)7-25(23,24)9-4-2-1-3-5-9/h1-5,8,10-11H,6-7H2. The minimum atomic E-state index is -4.35. The Morgan fingerprint density at radius 2 is 1.92 bits per heavy atom. The van der Waals surface area contributed by atoms with E-state index in [0.717, 1.165) is 10.9 Å². The molecule has 0 radical (unpaired) electrons. The van der Waals surface area contributed by atoms with E-state index in [-0.39, 0.29) is 22.2 Å². The zero-order valence-corrected chi connectivity index (χ0v) is 14.1. The minimum absolute atomic E-state index is 0.0294. The van der Waals surface area contributed by atoms with Gasteiger partial charge in [0.2, 0.25) is 0 Å². The van der Waals surface area contributed by atoms with Crippen LogP contribution in [0.1, 0.15) is 23.0 Å². The van der Waals surface area contributed by atoms with Gasteiger partial charge >= 0.3 is 6.18 Å². The predicted molar refractivity (Wildman–Crippen MR) is 83.3 cm³/mol. The number of imidazole rings is 1. The largest absolute Gasteiger partial charge is 0.393 e. The summed E-state index contributed by atoms with van der Waals surface area (Å²) in [6, 6.07) is 6.45. The van der Waals surface area contributed by atoms with Gasteiger partial charge in [-0.25, -0.2) is 13.4 Å². The lowest BCUT2D eigenvalue weighted by atomic mass is 10.3. The van der Waals surface area contributed by atoms with Crippen LogP contribution in [0.15, 0.2) is 41.6 Å². The Morgan fingerprint density at radius 3 is 2.48 bits per heavy atom. The lowest BCUT2D eigenvalue weighted by Crippen LogP contribution is -2.17. The number of hydrogen-bond donors (Lipinski definition) is 0. The number of carbonyl (C=O) groups is 1. The van der Waals surface area contributed by atoms with E-state index in [9.17, 15) is 26.4 Å². The van der Waals surface area contributed by atoms with Gasteiger partial charge in [-0.3, -0.25) is 4.79 Å². The molecule has 0 amide bonds. The summed E-state index contributed by atoms with van der Waals surface area (Å²) in [7, 11) is -3.89. The van der Waals surface area contributed by atoms with Crippen molar-refractivity contribution in [3.63, 3.8) is 0 Å². The van der Waals surface area contributed by atoms with Gasteiger partial charge in [-0.05, 0) is 18.6 Å². The van der Waals surface area contributed by atoms with Gasteiger partial charge in [0, 0.05) is 6.04 Å². The third kappa shape index (κ3) is 3.57. The van der Waals surface area contributed by atoms with E-state index in [2.05, 4.69) is 4.98 Å². The highest BCUT2D eigenvalue weighted by Crippen LogP contribution is 2.54. The fraction of sp³-hybridized carbons (Fsp3) is 0.333. The summed E-state index contributed by atoms with van der Waals surface area (Å²) in [4.78, 5) is 15.9. The maximum absolute atomic E-state index is 12.7. The van der Waals surface area contributed by atoms with Crippen molar-refractivity contribution in [2.24, 2.45) is 5.92 Å². The van der Waals surface area contributed by atoms with E-state index in [1.54, 1.807) is 6.07 Å². The van der Waals surface area contributed by atoms with Gasteiger partial charge in [0.25, 0.3) is 0 Å². The number of aromatic nitrogens is 2. The average Bonchev–Trinajstić information content (AvgIpc) is 3.24. The molecule has 1 heterocycles. The molecule has 134 valence electrons. The third-order valence-corrected chi connectivity index (χ3v) is 5.96. The highest BCUT2D eigenvalue weighted by Gasteiger charge is 2.57. The first kappa shape index (κ1) is 17.9. The highest BCUT2D eigenvalue weighted by molar-refractivity contribution is 7.92. The zero-order valence-electron chi connectivity index (χ0n) is 12.6. The average molecular weight is 393 g/mol. The molecule has 1 saturated carbocycles. The molecule has 25 heavy (non-hydrogen) atoms. The number of ketones is 1. The molecule has 1 aliphatic carbocycles. The molecular formula is C15H12ClF3N2O3S. The van der Waals surface area contributed by atoms with Gasteiger partial charge in [-0.2, -0.15) is 13.2 Å². The van der Waals surface area contributed by atoms with Gasteiger partial charge < -0.3 is 4.57 Å². The summed E-state index contributed by atoms with van der Waals surface area (Å²) in [5.74, 6) is -3.26. The quantitative estimate of drug-likeness (QED) is 0.732. The minimum Gasteiger partial charge on any atom is -0.317 e. The molecule has 5 nitrogen and oxygen atoms in total. The van der Waals surface area contributed by atoms with Crippen molar-refractivity contribution in [3.8, 4) is 0 Å². The molecular weight excluding hydrogens is 381 g/mol. The molecule has 1 aromatic carbocycles. The van der Waals surface area contributed by atoms with Crippen molar-refractivity contribution in [1.29, 1.82) is 0 Å². The van der Waals surface area contributed by atoms with Crippen LogP contribution in [0, 0.1) is 5.92 Å². The smallest absolute Gasteiger partial charge is 0.317 e. The lowest BCUT2D eigenvalue weighted by Gasteiger charge is -2.07. The van der Waals surface area contributed by atoms with Crippen molar-refractivity contribution >= 4 is 27.2 Å². The van der Waals surface area contributed by atoms with E-state index >= 15 is 0 Å². The Bertz CT molecular complexity index is 910. The second-order valence-electron chi connectivity index (χ2n) is 5.74. The van der Waals surface area contributed by atoms with Crippen LogP contribution < -0.4 is 0 Å². The number of alkyl halides is 3. The molecule has 1 aliphatic rings. The van der Waals surface area contributed by atoms with Gasteiger partial charge in [0.05, 0.1) is 17.1 Å². The number of benzene rings is 1. The fourth-order valence-corrected chi connectivity index (χ4v) is 4.10. The second-order valence-corrected chi connectivity index (χ2v) is 8.09. The molecule has 0 bridgehead atoms. The molecule has 1 aromatic heterocycles. The Hall–Kier alpha value is -1.87. The Kier molecular flexibility index (Phi) is 4.40. The number of Topliss-reactive ketones (excluding diaryl/α,β-unsaturated/α-hetero) is 1. The molecule has 10 heteroatoms. The van der Waals surface area contributed by atoms with Crippen LogP contribution in [0.25, 0.3) is 0 Å². The molecule has 0 N–H and O–H groups in total. The van der Waals surface area contributed by atoms with Crippen LogP contribution in [-0.4, -0.2) is 35.7 Å². The summed E-state index contributed by atoms with van der Waals surface area (Å²) < 4.78 is 63.5. The number of sulfone groups is 1. The first-order chi connectivity index (χ1) is 11.6. The summed E-state index contributed by atoms with van der Waals surface area (Å²) in [5, 5.41) is -0.273. The first-order valence-corrected chi connectivity index (χ1v) is 9.24. The van der Waals surface area contributed by atoms with Crippen LogP contribution >= 0.6 is 11.6 Å². The summed E-state index contributed by atoms with van der Waals surface area (Å²) in [6.45, 7) is 0. The van der Waals surface area contributed by atoms with Crippen LogP contribution in [0.5, 0.6) is 0 Å². The molecule has 2 atom stereocenters. The van der Waals surface area contributed by atoms with Gasteiger partial charge in [0.15, 0.2) is 15.6 Å². The topological polar surface area (TPSA) is 69.0 Å². The van der Waals surface area contributed by atoms with Gasteiger partial charge in [0.1, 0.15) is 16.6 Å². The Labute approximate surface area is 146 Å². The third-order valence-electron chi connectivity index (χ3n) is 3.96. The molecule has 1 fully saturated rings. The normalized spacial score (nSPS) is 20.5. The number of carbonyl (C=O) groups excluding carboxylic acids is 1. The molecule has 2 aromatic rings. The van der Waals surface area contributed by atoms with Crippen molar-refractivity contribution in [3.05, 3.63) is 47.5 Å². The molecule has 0 spiro atoms. The van der Waals surface area contributed by atoms with E-state index in [1.807, 2.05) is 0 Å². The molecule has 3 rings (SSSR count). The Morgan fingerprint density at radius 1 is 1.28 bits per heavy atom. The first-order valence-electron chi connectivity index (χ1n) is 7.21. The lowest BCUT2D eigenvalue weighted by molar-refractivity contribution is -0.150. The van der Waals surface area contributed by atoms with E-state index in [1.165, 1.54) is 24.3 Å². The van der Waals surface area contributed by atoms with E-state index < -0.39 is 39.5 Å². The van der Waals surface area contributed by atoms with Crippen LogP contribution in [0.2, 0.25) is 5.15 Å². The number of rotatable bonds is 5. The van der Waals surface area contributed by atoms with Gasteiger partial charge in [-0.1, -0.05) is 29.8 Å². The zero-order chi connectivity index (χ0) is 18.4. The predicted octanol–water partition coefficient (Wildman–Crippen LogP) is 3.32.